The van der Waals surface area contributed by atoms with Crippen LogP contribution in [-0.2, 0) is 10.1 Å². The average molecular weight is 481 g/mol. The van der Waals surface area contributed by atoms with Gasteiger partial charge in [0.05, 0.1) is 27.6 Å². The first-order valence-corrected chi connectivity index (χ1v) is 12.3. The highest BCUT2D eigenvalue weighted by Crippen LogP contribution is 2.37. The van der Waals surface area contributed by atoms with Crippen LogP contribution in [0.1, 0.15) is 5.56 Å². The van der Waals surface area contributed by atoms with Gasteiger partial charge < -0.3 is 0 Å². The number of fused-ring (bicyclic) bond motifs is 2. The van der Waals surface area contributed by atoms with Crippen LogP contribution in [0.4, 0.5) is 22.7 Å². The van der Waals surface area contributed by atoms with Crippen molar-refractivity contribution in [2.75, 3.05) is 0 Å². The molecule has 7 nitrogen and oxygen atoms in total. The Morgan fingerprint density at radius 1 is 0.571 bits per heavy atom. The number of aryl methyl sites for hydroxylation is 1. The molecule has 0 saturated heterocycles. The monoisotopic (exact) mass is 480 g/mol. The predicted molar refractivity (Wildman–Crippen MR) is 137 cm³/mol. The summed E-state index contributed by atoms with van der Waals surface area (Å²) in [6, 6.07) is 28.8. The van der Waals surface area contributed by atoms with E-state index >= 15 is 0 Å². The Labute approximate surface area is 202 Å². The second kappa shape index (κ2) is 9.17. The third-order valence-corrected chi connectivity index (χ3v) is 6.50. The van der Waals surface area contributed by atoms with Crippen LogP contribution in [0.5, 0.6) is 0 Å². The van der Waals surface area contributed by atoms with Crippen LogP contribution < -0.4 is 0 Å². The van der Waals surface area contributed by atoms with Gasteiger partial charge in [-0.1, -0.05) is 54.6 Å². The second-order valence-corrected chi connectivity index (χ2v) is 9.39. The minimum absolute atomic E-state index is 0.237. The summed E-state index contributed by atoms with van der Waals surface area (Å²) in [5.41, 5.74) is 3.48. The molecule has 5 aromatic carbocycles. The lowest BCUT2D eigenvalue weighted by atomic mass is 10.0. The fourth-order valence-electron chi connectivity index (χ4n) is 3.87. The van der Waals surface area contributed by atoms with Crippen LogP contribution in [0.3, 0.4) is 0 Å². The van der Waals surface area contributed by atoms with Crippen molar-refractivity contribution in [3.8, 4) is 0 Å². The van der Waals surface area contributed by atoms with E-state index < -0.39 is 10.1 Å². The lowest BCUT2D eigenvalue weighted by Crippen LogP contribution is -1.97. The van der Waals surface area contributed by atoms with Crippen molar-refractivity contribution in [2.45, 2.75) is 11.8 Å². The van der Waals surface area contributed by atoms with E-state index in [0.29, 0.717) is 33.5 Å². The highest BCUT2D eigenvalue weighted by Gasteiger charge is 2.14. The van der Waals surface area contributed by atoms with Gasteiger partial charge in [-0.3, -0.25) is 4.55 Å². The topological polar surface area (TPSA) is 104 Å². The molecular formula is C27H20N4O3S. The van der Waals surface area contributed by atoms with Crippen molar-refractivity contribution in [3.63, 3.8) is 0 Å². The number of nitrogens with zero attached hydrogens (tertiary/aromatic N) is 4. The summed E-state index contributed by atoms with van der Waals surface area (Å²) in [6.07, 6.45) is 0. The van der Waals surface area contributed by atoms with E-state index in [2.05, 4.69) is 20.5 Å². The molecule has 172 valence electrons. The molecule has 5 aromatic rings. The Kier molecular flexibility index (Phi) is 5.90. The average Bonchev–Trinajstić information content (AvgIpc) is 2.87. The van der Waals surface area contributed by atoms with Gasteiger partial charge in [-0.15, -0.1) is 15.3 Å². The SMILES string of the molecule is Cc1ccc(/N=N/c2ccc(/N=N/c3ccccc3)c3ccc(S(=O)(=O)O)cc23)c2ccccc12. The minimum atomic E-state index is -4.41. The molecule has 0 aromatic heterocycles. The molecule has 0 fully saturated rings. The maximum Gasteiger partial charge on any atom is 0.294 e. The van der Waals surface area contributed by atoms with E-state index in [1.165, 1.54) is 12.1 Å². The zero-order valence-electron chi connectivity index (χ0n) is 18.7. The van der Waals surface area contributed by atoms with Crippen LogP contribution in [-0.4, -0.2) is 13.0 Å². The highest BCUT2D eigenvalue weighted by molar-refractivity contribution is 7.85. The second-order valence-electron chi connectivity index (χ2n) is 7.97. The first kappa shape index (κ1) is 22.5. The maximum absolute atomic E-state index is 11.8. The number of hydrogen-bond acceptors (Lipinski definition) is 6. The molecular weight excluding hydrogens is 460 g/mol. The molecule has 0 bridgehead atoms. The van der Waals surface area contributed by atoms with Crippen LogP contribution in [0.2, 0.25) is 0 Å². The van der Waals surface area contributed by atoms with Gasteiger partial charge in [0.2, 0.25) is 0 Å². The largest absolute Gasteiger partial charge is 0.294 e. The summed E-state index contributed by atoms with van der Waals surface area (Å²) >= 11 is 0. The van der Waals surface area contributed by atoms with Crippen LogP contribution in [0.15, 0.2) is 122 Å². The third kappa shape index (κ3) is 4.70. The molecule has 35 heavy (non-hydrogen) atoms. The molecule has 0 spiro atoms. The zero-order chi connectivity index (χ0) is 24.4. The molecule has 0 saturated carbocycles. The summed E-state index contributed by atoms with van der Waals surface area (Å²) in [6.45, 7) is 2.04. The van der Waals surface area contributed by atoms with E-state index in [0.717, 1.165) is 16.3 Å². The van der Waals surface area contributed by atoms with Gasteiger partial charge in [0.15, 0.2) is 0 Å². The van der Waals surface area contributed by atoms with E-state index in [4.69, 9.17) is 0 Å². The smallest absolute Gasteiger partial charge is 0.282 e. The maximum atomic E-state index is 11.8. The van der Waals surface area contributed by atoms with Crippen molar-refractivity contribution >= 4 is 54.4 Å². The fourth-order valence-corrected chi connectivity index (χ4v) is 4.37. The summed E-state index contributed by atoms with van der Waals surface area (Å²) in [7, 11) is -4.41. The highest BCUT2D eigenvalue weighted by atomic mass is 32.2. The molecule has 0 amide bonds. The van der Waals surface area contributed by atoms with Crippen molar-refractivity contribution in [1.29, 1.82) is 0 Å². The molecule has 1 N–H and O–H groups in total. The van der Waals surface area contributed by atoms with Gasteiger partial charge in [0.25, 0.3) is 10.1 Å². The molecule has 0 aliphatic rings. The van der Waals surface area contributed by atoms with Crippen molar-refractivity contribution in [3.05, 3.63) is 103 Å². The van der Waals surface area contributed by atoms with Gasteiger partial charge in [0, 0.05) is 16.2 Å². The summed E-state index contributed by atoms with van der Waals surface area (Å²) < 4.78 is 33.2. The van der Waals surface area contributed by atoms with Crippen LogP contribution in [0, 0.1) is 6.92 Å². The fraction of sp³-hybridized carbons (Fsp3) is 0.0370. The first-order valence-electron chi connectivity index (χ1n) is 10.8. The Balaban J connectivity index is 1.64. The van der Waals surface area contributed by atoms with E-state index in [-0.39, 0.29) is 4.90 Å². The molecule has 5 rings (SSSR count). The molecule has 0 atom stereocenters. The number of benzene rings is 5. The minimum Gasteiger partial charge on any atom is -0.282 e. The lowest BCUT2D eigenvalue weighted by Gasteiger charge is -2.07. The van der Waals surface area contributed by atoms with E-state index in [1.807, 2.05) is 73.7 Å². The molecule has 0 radical (unpaired) electrons. The third-order valence-electron chi connectivity index (χ3n) is 5.65. The van der Waals surface area contributed by atoms with Gasteiger partial charge >= 0.3 is 0 Å². The Morgan fingerprint density at radius 2 is 1.11 bits per heavy atom. The Hall–Kier alpha value is -4.27. The number of rotatable bonds is 5. The molecule has 8 heteroatoms. The van der Waals surface area contributed by atoms with E-state index in [9.17, 15) is 13.0 Å². The first-order chi connectivity index (χ1) is 16.9. The number of azo groups is 2. The molecule has 0 heterocycles. The van der Waals surface area contributed by atoms with Crippen LogP contribution >= 0.6 is 0 Å². The van der Waals surface area contributed by atoms with Crippen molar-refractivity contribution in [1.82, 2.24) is 0 Å². The van der Waals surface area contributed by atoms with Crippen LogP contribution in [0.25, 0.3) is 21.5 Å². The predicted octanol–water partition coefficient (Wildman–Crippen LogP) is 8.38. The normalized spacial score (nSPS) is 12.3. The molecule has 0 aliphatic heterocycles. The van der Waals surface area contributed by atoms with E-state index in [1.54, 1.807) is 18.2 Å². The van der Waals surface area contributed by atoms with Gasteiger partial charge in [-0.2, -0.15) is 13.5 Å². The molecule has 0 aliphatic carbocycles. The van der Waals surface area contributed by atoms with Gasteiger partial charge in [0.1, 0.15) is 0 Å². The van der Waals surface area contributed by atoms with Gasteiger partial charge in [-0.25, -0.2) is 0 Å². The number of hydrogen-bond donors (Lipinski definition) is 1. The Bertz CT molecular complexity index is 1730. The van der Waals surface area contributed by atoms with Crippen molar-refractivity contribution in [2.24, 2.45) is 20.5 Å². The Morgan fingerprint density at radius 3 is 1.80 bits per heavy atom. The lowest BCUT2D eigenvalue weighted by molar-refractivity contribution is 0.483. The quantitative estimate of drug-likeness (QED) is 0.202. The standard InChI is InChI=1S/C27H20N4O3S/c1-18-11-14-25(22-10-6-5-9-21(18)22)30-31-27-16-15-26(29-28-19-7-3-2-4-8-19)23-13-12-20(17-24(23)27)35(32,33)34/h2-17H,1H3,(H,32,33,34)/b29-28+,31-30+. The summed E-state index contributed by atoms with van der Waals surface area (Å²) in [5.74, 6) is 0. The summed E-state index contributed by atoms with van der Waals surface area (Å²) in [5, 5.41) is 20.7. The summed E-state index contributed by atoms with van der Waals surface area (Å²) in [4.78, 5) is -0.237. The van der Waals surface area contributed by atoms with Gasteiger partial charge in [-0.05, 0) is 60.3 Å². The molecule has 0 unspecified atom stereocenters. The zero-order valence-corrected chi connectivity index (χ0v) is 19.5. The van der Waals surface area contributed by atoms with Crippen molar-refractivity contribution < 1.29 is 13.0 Å².